The number of carbonyl (C=O) groups is 1. The van der Waals surface area contributed by atoms with Crippen LogP contribution in [-0.2, 0) is 4.79 Å². The van der Waals surface area contributed by atoms with Gasteiger partial charge in [-0.25, -0.2) is 0 Å². The molecule has 1 amide bonds. The van der Waals surface area contributed by atoms with Crippen LogP contribution < -0.4 is 15.1 Å². The highest BCUT2D eigenvalue weighted by atomic mass is 16.2. The number of quaternary nitrogens is 2. The van der Waals surface area contributed by atoms with Gasteiger partial charge in [-0.05, 0) is 30.0 Å². The van der Waals surface area contributed by atoms with Gasteiger partial charge in [-0.15, -0.1) is 0 Å². The fraction of sp³-hybridized carbons (Fsp3) is 0.435. The molecule has 4 heteroatoms. The first-order chi connectivity index (χ1) is 13.2. The minimum atomic E-state index is 0.0359. The van der Waals surface area contributed by atoms with Gasteiger partial charge in [0, 0.05) is 0 Å². The number of rotatable bonds is 7. The highest BCUT2D eigenvalue weighted by Crippen LogP contribution is 2.21. The van der Waals surface area contributed by atoms with Crippen molar-refractivity contribution in [1.29, 1.82) is 0 Å². The summed E-state index contributed by atoms with van der Waals surface area (Å²) in [6, 6.07) is 18.9. The summed E-state index contributed by atoms with van der Waals surface area (Å²) in [5.74, 6) is 0.156. The third-order valence-corrected chi connectivity index (χ3v) is 5.57. The van der Waals surface area contributed by atoms with Crippen molar-refractivity contribution < 1.29 is 14.6 Å². The smallest absolute Gasteiger partial charge is 0.275 e. The molecule has 4 nitrogen and oxygen atoms in total. The first-order valence-electron chi connectivity index (χ1n) is 10.3. The highest BCUT2D eigenvalue weighted by Gasteiger charge is 2.24. The van der Waals surface area contributed by atoms with Gasteiger partial charge in [0.25, 0.3) is 5.91 Å². The predicted octanol–water partition coefficient (Wildman–Crippen LogP) is 0.724. The summed E-state index contributed by atoms with van der Waals surface area (Å²) in [5, 5.41) is 3.17. The molecule has 1 heterocycles. The van der Waals surface area contributed by atoms with Crippen LogP contribution >= 0.6 is 0 Å². The second-order valence-electron chi connectivity index (χ2n) is 7.70. The van der Waals surface area contributed by atoms with Crippen LogP contribution in [0.4, 0.5) is 0 Å². The largest absolute Gasteiger partial charge is 0.345 e. The van der Waals surface area contributed by atoms with E-state index in [0.29, 0.717) is 6.54 Å². The molecule has 1 aliphatic heterocycles. The van der Waals surface area contributed by atoms with Gasteiger partial charge < -0.3 is 15.1 Å². The first-order valence-corrected chi connectivity index (χ1v) is 10.3. The normalized spacial score (nSPS) is 20.8. The molecular formula is C23H33N3O+2. The lowest BCUT2D eigenvalue weighted by Crippen LogP contribution is -3.28. The van der Waals surface area contributed by atoms with Crippen molar-refractivity contribution in [1.82, 2.24) is 5.32 Å². The third kappa shape index (κ3) is 5.65. The van der Waals surface area contributed by atoms with Crippen molar-refractivity contribution in [2.45, 2.75) is 26.3 Å². The summed E-state index contributed by atoms with van der Waals surface area (Å²) in [4.78, 5) is 15.6. The topological polar surface area (TPSA) is 38.0 Å². The van der Waals surface area contributed by atoms with E-state index in [0.717, 1.165) is 18.7 Å². The van der Waals surface area contributed by atoms with Crippen LogP contribution in [0.15, 0.2) is 54.6 Å². The molecule has 1 saturated heterocycles. The van der Waals surface area contributed by atoms with E-state index in [-0.39, 0.29) is 11.9 Å². The molecule has 0 aromatic heterocycles. The second-order valence-corrected chi connectivity index (χ2v) is 7.70. The van der Waals surface area contributed by atoms with Crippen LogP contribution in [-0.4, -0.2) is 45.2 Å². The summed E-state index contributed by atoms with van der Waals surface area (Å²) in [6.07, 6.45) is 1.24. The molecule has 3 rings (SSSR count). The Morgan fingerprint density at radius 3 is 2.15 bits per heavy atom. The van der Waals surface area contributed by atoms with Crippen LogP contribution in [0, 0.1) is 0 Å². The zero-order valence-electron chi connectivity index (χ0n) is 16.6. The Morgan fingerprint density at radius 2 is 1.52 bits per heavy atom. The fourth-order valence-electron chi connectivity index (χ4n) is 3.94. The third-order valence-electron chi connectivity index (χ3n) is 5.57. The molecular weight excluding hydrogens is 334 g/mol. The van der Waals surface area contributed by atoms with Gasteiger partial charge in [0.2, 0.25) is 0 Å². The average molecular weight is 368 g/mol. The van der Waals surface area contributed by atoms with E-state index in [1.54, 1.807) is 4.90 Å². The van der Waals surface area contributed by atoms with Crippen LogP contribution in [0.1, 0.15) is 31.9 Å². The van der Waals surface area contributed by atoms with Crippen LogP contribution in [0.5, 0.6) is 0 Å². The molecule has 1 fully saturated rings. The molecule has 1 atom stereocenters. The summed E-state index contributed by atoms with van der Waals surface area (Å²) < 4.78 is 0. The highest BCUT2D eigenvalue weighted by molar-refractivity contribution is 5.77. The molecule has 1 aliphatic rings. The van der Waals surface area contributed by atoms with Crippen molar-refractivity contribution in [2.24, 2.45) is 0 Å². The van der Waals surface area contributed by atoms with E-state index in [2.05, 4.69) is 67.7 Å². The number of benzene rings is 2. The second kappa shape index (κ2) is 9.67. The SMILES string of the molecule is CCC[NH+]1CC[NH+](CC(=O)N[C@H](C)c2ccc(-c3ccccc3)cc2)CC1. The van der Waals surface area contributed by atoms with Crippen molar-refractivity contribution in [3.8, 4) is 11.1 Å². The standard InChI is InChI=1S/C23H31N3O/c1-3-13-25-14-16-26(17-15-25)18-23(27)24-19(2)20-9-11-22(12-10-20)21-7-5-4-6-8-21/h4-12,19H,3,13-18H2,1-2H3,(H,24,27)/p+2/t19-/m1/s1. The summed E-state index contributed by atoms with van der Waals surface area (Å²) in [5.41, 5.74) is 3.57. The predicted molar refractivity (Wildman–Crippen MR) is 110 cm³/mol. The number of amides is 1. The molecule has 0 bridgehead atoms. The zero-order valence-corrected chi connectivity index (χ0v) is 16.6. The number of carbonyl (C=O) groups excluding carboxylic acids is 1. The van der Waals surface area contributed by atoms with E-state index >= 15 is 0 Å². The van der Waals surface area contributed by atoms with Crippen molar-refractivity contribution in [3.05, 3.63) is 60.2 Å². The average Bonchev–Trinajstić information content (AvgIpc) is 2.70. The number of nitrogens with one attached hydrogen (secondary N) is 3. The Balaban J connectivity index is 1.48. The van der Waals surface area contributed by atoms with E-state index in [4.69, 9.17) is 0 Å². The van der Waals surface area contributed by atoms with Gasteiger partial charge in [0.1, 0.15) is 26.2 Å². The van der Waals surface area contributed by atoms with Gasteiger partial charge in [-0.3, -0.25) is 4.79 Å². The number of hydrogen-bond donors (Lipinski definition) is 3. The quantitative estimate of drug-likeness (QED) is 0.663. The Kier molecular flexibility index (Phi) is 7.02. The lowest BCUT2D eigenvalue weighted by molar-refractivity contribution is -1.01. The van der Waals surface area contributed by atoms with Crippen LogP contribution in [0.25, 0.3) is 11.1 Å². The zero-order chi connectivity index (χ0) is 19.1. The Labute approximate surface area is 163 Å². The lowest BCUT2D eigenvalue weighted by atomic mass is 10.0. The molecule has 2 aromatic rings. The molecule has 2 aromatic carbocycles. The molecule has 0 radical (unpaired) electrons. The van der Waals surface area contributed by atoms with Crippen molar-refractivity contribution >= 4 is 5.91 Å². The number of hydrogen-bond acceptors (Lipinski definition) is 1. The fourth-order valence-corrected chi connectivity index (χ4v) is 3.94. The summed E-state index contributed by atoms with van der Waals surface area (Å²) >= 11 is 0. The van der Waals surface area contributed by atoms with Crippen molar-refractivity contribution in [2.75, 3.05) is 39.3 Å². The summed E-state index contributed by atoms with van der Waals surface area (Å²) in [7, 11) is 0. The van der Waals surface area contributed by atoms with E-state index in [1.165, 1.54) is 42.1 Å². The number of piperazine rings is 1. The minimum absolute atomic E-state index is 0.0359. The van der Waals surface area contributed by atoms with Crippen molar-refractivity contribution in [3.63, 3.8) is 0 Å². The molecule has 144 valence electrons. The monoisotopic (exact) mass is 367 g/mol. The van der Waals surface area contributed by atoms with E-state index in [9.17, 15) is 4.79 Å². The van der Waals surface area contributed by atoms with Gasteiger partial charge >= 0.3 is 0 Å². The maximum atomic E-state index is 12.5. The molecule has 0 unspecified atom stereocenters. The Bertz CT molecular complexity index is 706. The van der Waals surface area contributed by atoms with Crippen LogP contribution in [0.3, 0.4) is 0 Å². The van der Waals surface area contributed by atoms with Gasteiger partial charge in [0.05, 0.1) is 12.6 Å². The molecule has 0 saturated carbocycles. The van der Waals surface area contributed by atoms with E-state index in [1.807, 2.05) is 6.07 Å². The lowest BCUT2D eigenvalue weighted by Gasteiger charge is -2.29. The minimum Gasteiger partial charge on any atom is -0.345 e. The first kappa shape index (κ1) is 19.6. The van der Waals surface area contributed by atoms with E-state index < -0.39 is 0 Å². The van der Waals surface area contributed by atoms with Crippen LogP contribution in [0.2, 0.25) is 0 Å². The molecule has 0 spiro atoms. The maximum Gasteiger partial charge on any atom is 0.275 e. The Morgan fingerprint density at radius 1 is 0.926 bits per heavy atom. The Hall–Kier alpha value is -2.17. The van der Waals surface area contributed by atoms with Gasteiger partial charge in [0.15, 0.2) is 6.54 Å². The van der Waals surface area contributed by atoms with Gasteiger partial charge in [-0.2, -0.15) is 0 Å². The summed E-state index contributed by atoms with van der Waals surface area (Å²) in [6.45, 7) is 10.7. The molecule has 3 N–H and O–H groups in total. The maximum absolute atomic E-state index is 12.5. The molecule has 0 aliphatic carbocycles. The molecule has 27 heavy (non-hydrogen) atoms. The van der Waals surface area contributed by atoms with Gasteiger partial charge in [-0.1, -0.05) is 61.5 Å².